The van der Waals surface area contributed by atoms with Crippen molar-refractivity contribution < 1.29 is 35.4 Å². The van der Waals surface area contributed by atoms with E-state index in [9.17, 15) is 4.79 Å². The number of halogens is 1. The minimum Gasteiger partial charge on any atom is -0.479 e. The Hall–Kier alpha value is -0.440. The molecule has 4 atom stereocenters. The van der Waals surface area contributed by atoms with Crippen LogP contribution in [0, 0.1) is 0 Å². The number of hydrogen-bond acceptors (Lipinski definition) is 6. The van der Waals surface area contributed by atoms with Crippen LogP contribution in [0.4, 0.5) is 0 Å². The zero-order valence-corrected chi connectivity index (χ0v) is 7.83. The molecule has 8 heteroatoms. The van der Waals surface area contributed by atoms with Gasteiger partial charge in [-0.3, -0.25) is 0 Å². The van der Waals surface area contributed by atoms with Crippen molar-refractivity contribution in [2.45, 2.75) is 24.4 Å². The van der Waals surface area contributed by atoms with Crippen LogP contribution in [-0.4, -0.2) is 67.6 Å². The summed E-state index contributed by atoms with van der Waals surface area (Å²) in [5.41, 5.74) is 0. The van der Waals surface area contributed by atoms with Crippen LogP contribution in [0.1, 0.15) is 0 Å². The molecule has 0 spiro atoms. The van der Waals surface area contributed by atoms with Gasteiger partial charge in [0, 0.05) is 0 Å². The number of aliphatic hydroxyl groups is 5. The van der Waals surface area contributed by atoms with Crippen LogP contribution in [-0.2, 0) is 4.79 Å². The van der Waals surface area contributed by atoms with Crippen LogP contribution in [0.5, 0.6) is 0 Å². The molecule has 86 valence electrons. The van der Waals surface area contributed by atoms with Gasteiger partial charge in [0.15, 0.2) is 6.10 Å². The number of carboxylic acids is 1. The van der Waals surface area contributed by atoms with Gasteiger partial charge in [-0.2, -0.15) is 0 Å². The number of carbonyl (C=O) groups is 1. The van der Waals surface area contributed by atoms with Gasteiger partial charge in [0.05, 0.1) is 6.61 Å². The summed E-state index contributed by atoms with van der Waals surface area (Å²) in [7, 11) is 0. The normalized spacial score (nSPS) is 18.9. The molecule has 0 aromatic carbocycles. The fourth-order valence-electron chi connectivity index (χ4n) is 0.668. The summed E-state index contributed by atoms with van der Waals surface area (Å²) in [4.78, 5) is 10.1. The van der Waals surface area contributed by atoms with Crippen molar-refractivity contribution in [1.82, 2.24) is 0 Å². The van der Waals surface area contributed by atoms with Gasteiger partial charge in [0.2, 0.25) is 0 Å². The summed E-state index contributed by atoms with van der Waals surface area (Å²) in [6, 6.07) is 0. The van der Waals surface area contributed by atoms with Crippen LogP contribution < -0.4 is 0 Å². The second-order valence-corrected chi connectivity index (χ2v) is 2.51. The average Bonchev–Trinajstić information content (AvgIpc) is 2.12. The quantitative estimate of drug-likeness (QED) is 0.296. The topological polar surface area (TPSA) is 138 Å². The summed E-state index contributed by atoms with van der Waals surface area (Å²) in [5, 5.41) is 51.8. The third-order valence-corrected chi connectivity index (χ3v) is 1.51. The first-order chi connectivity index (χ1) is 5.91. The van der Waals surface area contributed by atoms with Gasteiger partial charge >= 0.3 is 5.97 Å². The Bertz CT molecular complexity index is 176. The van der Waals surface area contributed by atoms with Crippen molar-refractivity contribution in [1.29, 1.82) is 0 Å². The molecule has 0 saturated carbocycles. The van der Waals surface area contributed by atoms with E-state index in [0.717, 1.165) is 0 Å². The predicted molar refractivity (Wildman–Crippen MR) is 46.0 cm³/mol. The molecule has 7 nitrogen and oxygen atoms in total. The highest BCUT2D eigenvalue weighted by Gasteiger charge is 2.33. The molecule has 0 aromatic rings. The lowest BCUT2D eigenvalue weighted by molar-refractivity contribution is -0.164. The minimum atomic E-state index is -2.20. The molecule has 0 saturated heterocycles. The van der Waals surface area contributed by atoms with Crippen molar-refractivity contribution in [3.05, 3.63) is 0 Å². The van der Waals surface area contributed by atoms with Gasteiger partial charge in [-0.1, -0.05) is 0 Å². The molecule has 6 N–H and O–H groups in total. The number of carboxylic acid groups (broad SMARTS) is 1. The smallest absolute Gasteiger partial charge is 0.335 e. The van der Waals surface area contributed by atoms with Crippen LogP contribution in [0.3, 0.4) is 0 Å². The van der Waals surface area contributed by atoms with Crippen molar-refractivity contribution in [3.63, 3.8) is 0 Å². The fraction of sp³-hybridized carbons (Fsp3) is 0.833. The molecule has 0 aliphatic carbocycles. The summed E-state index contributed by atoms with van der Waals surface area (Å²) < 4.78 is 0. The molecule has 0 heterocycles. The first kappa shape index (κ1) is 16.0. The highest BCUT2D eigenvalue weighted by atomic mass is 35.5. The molecular weight excluding hydrogens is 220 g/mol. The van der Waals surface area contributed by atoms with Crippen LogP contribution in [0.25, 0.3) is 0 Å². The number of hydrogen-bond donors (Lipinski definition) is 6. The predicted octanol–water partition coefficient (Wildman–Crippen LogP) is -3.07. The Morgan fingerprint density at radius 3 is 1.79 bits per heavy atom. The maximum Gasteiger partial charge on any atom is 0.335 e. The van der Waals surface area contributed by atoms with E-state index in [4.69, 9.17) is 30.6 Å². The maximum absolute atomic E-state index is 10.1. The number of rotatable bonds is 5. The van der Waals surface area contributed by atoms with Gasteiger partial charge in [-0.15, -0.1) is 12.4 Å². The first-order valence-corrected chi connectivity index (χ1v) is 3.47. The van der Waals surface area contributed by atoms with E-state index >= 15 is 0 Å². The van der Waals surface area contributed by atoms with E-state index in [1.54, 1.807) is 0 Å². The molecule has 4 unspecified atom stereocenters. The van der Waals surface area contributed by atoms with E-state index in [0.29, 0.717) is 0 Å². The zero-order chi connectivity index (χ0) is 10.6. The van der Waals surface area contributed by atoms with Crippen molar-refractivity contribution >= 4 is 18.4 Å². The number of aliphatic carboxylic acids is 1. The van der Waals surface area contributed by atoms with Crippen molar-refractivity contribution in [2.24, 2.45) is 0 Å². The summed E-state index contributed by atoms with van der Waals surface area (Å²) >= 11 is 0. The minimum absolute atomic E-state index is 0. The second kappa shape index (κ2) is 6.93. The largest absolute Gasteiger partial charge is 0.479 e. The SMILES string of the molecule is Cl.O=C(O)C(O)C(O)C(O)C(O)CO. The summed E-state index contributed by atoms with van der Waals surface area (Å²) in [6.07, 6.45) is -7.84. The highest BCUT2D eigenvalue weighted by Crippen LogP contribution is 2.04. The van der Waals surface area contributed by atoms with E-state index in [1.807, 2.05) is 0 Å². The number of aliphatic hydroxyl groups excluding tert-OH is 5. The van der Waals surface area contributed by atoms with Gasteiger partial charge < -0.3 is 30.6 Å². The molecule has 14 heavy (non-hydrogen) atoms. The lowest BCUT2D eigenvalue weighted by Crippen LogP contribution is -2.48. The zero-order valence-electron chi connectivity index (χ0n) is 7.02. The van der Waals surface area contributed by atoms with Gasteiger partial charge in [0.1, 0.15) is 18.3 Å². The van der Waals surface area contributed by atoms with E-state index in [1.165, 1.54) is 0 Å². The van der Waals surface area contributed by atoms with Crippen LogP contribution in [0.2, 0.25) is 0 Å². The van der Waals surface area contributed by atoms with E-state index < -0.39 is 37.0 Å². The lowest BCUT2D eigenvalue weighted by atomic mass is 10.0. The molecule has 0 radical (unpaired) electrons. The lowest BCUT2D eigenvalue weighted by Gasteiger charge is -2.23. The van der Waals surface area contributed by atoms with Gasteiger partial charge in [0.25, 0.3) is 0 Å². The third-order valence-electron chi connectivity index (χ3n) is 1.51. The Balaban J connectivity index is 0. The molecule has 0 amide bonds. The Labute approximate surface area is 85.6 Å². The molecular formula is C6H13ClO7. The van der Waals surface area contributed by atoms with E-state index in [2.05, 4.69) is 0 Å². The highest BCUT2D eigenvalue weighted by molar-refractivity contribution is 5.85. The Morgan fingerprint density at radius 1 is 1.07 bits per heavy atom. The molecule has 0 aliphatic rings. The van der Waals surface area contributed by atoms with Crippen LogP contribution >= 0.6 is 12.4 Å². The van der Waals surface area contributed by atoms with E-state index in [-0.39, 0.29) is 12.4 Å². The standard InChI is InChI=1S/C6H12O7.ClH/c7-1-2(8)3(9)4(10)5(11)6(12)13;/h2-5,7-11H,1H2,(H,12,13);1H. The summed E-state index contributed by atoms with van der Waals surface area (Å²) in [6.45, 7) is -0.843. The molecule has 0 rings (SSSR count). The molecule has 0 aliphatic heterocycles. The van der Waals surface area contributed by atoms with Crippen molar-refractivity contribution in [3.8, 4) is 0 Å². The Morgan fingerprint density at radius 2 is 1.50 bits per heavy atom. The Kier molecular flexibility index (Phi) is 7.93. The van der Waals surface area contributed by atoms with Gasteiger partial charge in [-0.25, -0.2) is 4.79 Å². The first-order valence-electron chi connectivity index (χ1n) is 3.47. The summed E-state index contributed by atoms with van der Waals surface area (Å²) in [5.74, 6) is -1.73. The fourth-order valence-corrected chi connectivity index (χ4v) is 0.668. The maximum atomic E-state index is 10.1. The monoisotopic (exact) mass is 232 g/mol. The molecule has 0 fully saturated rings. The van der Waals surface area contributed by atoms with Crippen molar-refractivity contribution in [2.75, 3.05) is 6.61 Å². The van der Waals surface area contributed by atoms with Crippen LogP contribution in [0.15, 0.2) is 0 Å². The average molecular weight is 233 g/mol. The molecule has 0 aromatic heterocycles. The second-order valence-electron chi connectivity index (χ2n) is 2.51. The third kappa shape index (κ3) is 4.18. The van der Waals surface area contributed by atoms with Gasteiger partial charge in [-0.05, 0) is 0 Å². The molecule has 0 bridgehead atoms.